The van der Waals surface area contributed by atoms with Crippen LogP contribution < -0.4 is 14.8 Å². The number of anilines is 1. The SMILES string of the molecule is CCOc1cc(OCC)cc(C(=O)Nc2cccc(C(=O)OC)c2)c1. The first-order valence-electron chi connectivity index (χ1n) is 7.97. The summed E-state index contributed by atoms with van der Waals surface area (Å²) in [5.41, 5.74) is 1.25. The molecule has 0 saturated heterocycles. The first-order chi connectivity index (χ1) is 12.1. The van der Waals surface area contributed by atoms with Gasteiger partial charge in [-0.3, -0.25) is 4.79 Å². The van der Waals surface area contributed by atoms with E-state index in [1.54, 1.807) is 42.5 Å². The second kappa shape index (κ2) is 8.73. The van der Waals surface area contributed by atoms with Gasteiger partial charge in [-0.15, -0.1) is 0 Å². The highest BCUT2D eigenvalue weighted by Crippen LogP contribution is 2.24. The van der Waals surface area contributed by atoms with Gasteiger partial charge in [0.05, 0.1) is 25.9 Å². The fourth-order valence-corrected chi connectivity index (χ4v) is 2.25. The van der Waals surface area contributed by atoms with E-state index in [0.717, 1.165) is 0 Å². The molecule has 0 bridgehead atoms. The number of amides is 1. The summed E-state index contributed by atoms with van der Waals surface area (Å²) in [7, 11) is 1.31. The lowest BCUT2D eigenvalue weighted by Crippen LogP contribution is -2.13. The van der Waals surface area contributed by atoms with Crippen molar-refractivity contribution in [2.24, 2.45) is 0 Å². The summed E-state index contributed by atoms with van der Waals surface area (Å²) in [6.45, 7) is 4.70. The second-order valence-corrected chi connectivity index (χ2v) is 5.09. The minimum absolute atomic E-state index is 0.329. The van der Waals surface area contributed by atoms with Gasteiger partial charge in [0.2, 0.25) is 0 Å². The van der Waals surface area contributed by atoms with Crippen LogP contribution in [0, 0.1) is 0 Å². The molecule has 6 nitrogen and oxygen atoms in total. The van der Waals surface area contributed by atoms with Gasteiger partial charge in [0.25, 0.3) is 5.91 Å². The van der Waals surface area contributed by atoms with E-state index in [1.807, 2.05) is 13.8 Å². The van der Waals surface area contributed by atoms with Crippen LogP contribution >= 0.6 is 0 Å². The molecule has 0 aliphatic rings. The van der Waals surface area contributed by atoms with Gasteiger partial charge in [-0.25, -0.2) is 4.79 Å². The van der Waals surface area contributed by atoms with Gasteiger partial charge < -0.3 is 19.5 Å². The summed E-state index contributed by atoms with van der Waals surface area (Å²) in [5, 5.41) is 2.76. The molecule has 0 radical (unpaired) electrons. The fraction of sp³-hybridized carbons (Fsp3) is 0.263. The van der Waals surface area contributed by atoms with Crippen molar-refractivity contribution in [3.63, 3.8) is 0 Å². The van der Waals surface area contributed by atoms with E-state index in [9.17, 15) is 9.59 Å². The molecular weight excluding hydrogens is 322 g/mol. The molecule has 2 rings (SSSR count). The van der Waals surface area contributed by atoms with Gasteiger partial charge in [0.15, 0.2) is 0 Å². The van der Waals surface area contributed by atoms with Crippen molar-refractivity contribution in [3.05, 3.63) is 53.6 Å². The Morgan fingerprint density at radius 1 is 0.920 bits per heavy atom. The number of esters is 1. The van der Waals surface area contributed by atoms with Gasteiger partial charge >= 0.3 is 5.97 Å². The standard InChI is InChI=1S/C19H21NO5/c1-4-24-16-10-14(11-17(12-16)25-5-2)18(21)20-15-8-6-7-13(9-15)19(22)23-3/h6-12H,4-5H2,1-3H3,(H,20,21). The number of nitrogens with one attached hydrogen (secondary N) is 1. The van der Waals surface area contributed by atoms with E-state index >= 15 is 0 Å². The predicted octanol–water partition coefficient (Wildman–Crippen LogP) is 3.52. The van der Waals surface area contributed by atoms with Crippen molar-refractivity contribution in [1.29, 1.82) is 0 Å². The maximum Gasteiger partial charge on any atom is 0.337 e. The zero-order valence-electron chi connectivity index (χ0n) is 14.5. The third kappa shape index (κ3) is 4.97. The summed E-state index contributed by atoms with van der Waals surface area (Å²) in [6, 6.07) is 11.6. The summed E-state index contributed by atoms with van der Waals surface area (Å²) in [4.78, 5) is 24.1. The molecule has 1 N–H and O–H groups in total. The van der Waals surface area contributed by atoms with Crippen molar-refractivity contribution >= 4 is 17.6 Å². The largest absolute Gasteiger partial charge is 0.494 e. The average molecular weight is 343 g/mol. The Labute approximate surface area is 146 Å². The van der Waals surface area contributed by atoms with Crippen molar-refractivity contribution in [1.82, 2.24) is 0 Å². The first kappa shape index (κ1) is 18.3. The van der Waals surface area contributed by atoms with Crippen LogP contribution in [0.4, 0.5) is 5.69 Å². The van der Waals surface area contributed by atoms with Crippen LogP contribution in [0.3, 0.4) is 0 Å². The maximum atomic E-state index is 12.5. The topological polar surface area (TPSA) is 73.9 Å². The molecule has 25 heavy (non-hydrogen) atoms. The summed E-state index contributed by atoms with van der Waals surface area (Å²) in [5.74, 6) is 0.321. The number of carbonyl (C=O) groups is 2. The first-order valence-corrected chi connectivity index (χ1v) is 7.97. The lowest BCUT2D eigenvalue weighted by Gasteiger charge is -2.11. The molecule has 0 spiro atoms. The minimum atomic E-state index is -0.465. The van der Waals surface area contributed by atoms with Crippen LogP contribution in [0.25, 0.3) is 0 Å². The van der Waals surface area contributed by atoms with Crippen LogP contribution in [-0.2, 0) is 4.74 Å². The molecule has 0 aliphatic heterocycles. The highest BCUT2D eigenvalue weighted by atomic mass is 16.5. The fourth-order valence-electron chi connectivity index (χ4n) is 2.25. The molecule has 0 heterocycles. The third-order valence-electron chi connectivity index (χ3n) is 3.31. The Morgan fingerprint density at radius 3 is 2.12 bits per heavy atom. The Morgan fingerprint density at radius 2 is 1.56 bits per heavy atom. The molecule has 6 heteroatoms. The van der Waals surface area contributed by atoms with Crippen molar-refractivity contribution < 1.29 is 23.8 Å². The number of methoxy groups -OCH3 is 1. The molecule has 0 unspecified atom stereocenters. The third-order valence-corrected chi connectivity index (χ3v) is 3.31. The normalized spacial score (nSPS) is 10.0. The van der Waals surface area contributed by atoms with Gasteiger partial charge in [-0.05, 0) is 44.2 Å². The summed E-state index contributed by atoms with van der Waals surface area (Å²) in [6.07, 6.45) is 0. The molecule has 2 aromatic rings. The average Bonchev–Trinajstić information content (AvgIpc) is 2.61. The number of carbonyl (C=O) groups excluding carboxylic acids is 2. The predicted molar refractivity (Wildman–Crippen MR) is 94.5 cm³/mol. The van der Waals surface area contributed by atoms with Crippen LogP contribution in [0.15, 0.2) is 42.5 Å². The van der Waals surface area contributed by atoms with Crippen molar-refractivity contribution in [3.8, 4) is 11.5 Å². The van der Waals surface area contributed by atoms with E-state index in [4.69, 9.17) is 9.47 Å². The Hall–Kier alpha value is -3.02. The number of ether oxygens (including phenoxy) is 3. The maximum absolute atomic E-state index is 12.5. The van der Waals surface area contributed by atoms with E-state index in [-0.39, 0.29) is 5.91 Å². The molecule has 0 atom stereocenters. The van der Waals surface area contributed by atoms with Crippen molar-refractivity contribution in [2.45, 2.75) is 13.8 Å². The molecule has 132 valence electrons. The number of benzene rings is 2. The quantitative estimate of drug-likeness (QED) is 0.779. The molecule has 0 fully saturated rings. The second-order valence-electron chi connectivity index (χ2n) is 5.09. The lowest BCUT2D eigenvalue weighted by atomic mass is 10.1. The van der Waals surface area contributed by atoms with E-state index in [0.29, 0.717) is 41.5 Å². The number of hydrogen-bond donors (Lipinski definition) is 1. The van der Waals surface area contributed by atoms with Crippen molar-refractivity contribution in [2.75, 3.05) is 25.6 Å². The minimum Gasteiger partial charge on any atom is -0.494 e. The van der Waals surface area contributed by atoms with E-state index in [1.165, 1.54) is 7.11 Å². The summed E-state index contributed by atoms with van der Waals surface area (Å²) < 4.78 is 15.6. The van der Waals surface area contributed by atoms with Gasteiger partial charge in [-0.2, -0.15) is 0 Å². The summed E-state index contributed by atoms with van der Waals surface area (Å²) >= 11 is 0. The Balaban J connectivity index is 2.24. The molecule has 1 amide bonds. The molecule has 0 aliphatic carbocycles. The zero-order chi connectivity index (χ0) is 18.2. The van der Waals surface area contributed by atoms with Crippen LogP contribution in [0.1, 0.15) is 34.6 Å². The lowest BCUT2D eigenvalue weighted by molar-refractivity contribution is 0.0600. The number of rotatable bonds is 7. The van der Waals surface area contributed by atoms with E-state index < -0.39 is 5.97 Å². The van der Waals surface area contributed by atoms with Gasteiger partial charge in [-0.1, -0.05) is 6.07 Å². The van der Waals surface area contributed by atoms with Gasteiger partial charge in [0.1, 0.15) is 11.5 Å². The number of hydrogen-bond acceptors (Lipinski definition) is 5. The highest BCUT2D eigenvalue weighted by Gasteiger charge is 2.12. The van der Waals surface area contributed by atoms with E-state index in [2.05, 4.69) is 10.1 Å². The smallest absolute Gasteiger partial charge is 0.337 e. The van der Waals surface area contributed by atoms with Crippen LogP contribution in [-0.4, -0.2) is 32.2 Å². The van der Waals surface area contributed by atoms with Crippen LogP contribution in [0.2, 0.25) is 0 Å². The monoisotopic (exact) mass is 343 g/mol. The molecular formula is C19H21NO5. The zero-order valence-corrected chi connectivity index (χ0v) is 14.5. The molecule has 0 aromatic heterocycles. The Kier molecular flexibility index (Phi) is 6.39. The van der Waals surface area contributed by atoms with Crippen LogP contribution in [0.5, 0.6) is 11.5 Å². The molecule has 2 aromatic carbocycles. The Bertz CT molecular complexity index is 733. The van der Waals surface area contributed by atoms with Gasteiger partial charge in [0, 0.05) is 17.3 Å². The highest BCUT2D eigenvalue weighted by molar-refractivity contribution is 6.05. The molecule has 0 saturated carbocycles.